The van der Waals surface area contributed by atoms with Gasteiger partial charge in [-0.25, -0.2) is 4.57 Å². The normalized spacial score (nSPS) is 12.4. The first kappa shape index (κ1) is 22.2. The lowest BCUT2D eigenvalue weighted by Crippen LogP contribution is -2.08. The van der Waals surface area contributed by atoms with Crippen LogP contribution < -0.4 is 23.3 Å². The Morgan fingerprint density at radius 1 is 0.742 bits per heavy atom. The van der Waals surface area contributed by atoms with E-state index in [2.05, 4.69) is 0 Å². The quantitative estimate of drug-likeness (QED) is 0.380. The monoisotopic (exact) mass is 444 g/mol. The third-order valence-corrected chi connectivity index (χ3v) is 5.11. The molecule has 0 aliphatic rings. The first-order chi connectivity index (χ1) is 14.9. The molecule has 0 radical (unpaired) electrons. The van der Waals surface area contributed by atoms with Crippen LogP contribution in [-0.4, -0.2) is 32.0 Å². The average molecular weight is 444 g/mol. The molecule has 0 aromatic heterocycles. The molecule has 0 heterocycles. The predicted octanol–water partition coefficient (Wildman–Crippen LogP) is 4.50. The molecule has 0 bridgehead atoms. The number of carbonyl (C=O) groups is 1. The van der Waals surface area contributed by atoms with E-state index >= 15 is 0 Å². The van der Waals surface area contributed by atoms with E-state index in [1.165, 1.54) is 51.7 Å². The number of ether oxygens (including phenoxy) is 3. The summed E-state index contributed by atoms with van der Waals surface area (Å²) in [6.45, 7) is 0. The van der Waals surface area contributed by atoms with Crippen LogP contribution >= 0.6 is 7.82 Å². The van der Waals surface area contributed by atoms with Crippen LogP contribution in [0, 0.1) is 0 Å². The predicted molar refractivity (Wildman–Crippen MR) is 113 cm³/mol. The number of phosphoric ester groups is 1. The molecular weight excluding hydrogens is 423 g/mol. The summed E-state index contributed by atoms with van der Waals surface area (Å²) in [7, 11) is -0.141. The summed E-state index contributed by atoms with van der Waals surface area (Å²) in [4.78, 5) is 23.3. The lowest BCUT2D eigenvalue weighted by Gasteiger charge is -2.16. The summed E-state index contributed by atoms with van der Waals surface area (Å²) >= 11 is 0. The molecule has 3 aromatic carbocycles. The Kier molecular flexibility index (Phi) is 6.84. The lowest BCUT2D eigenvalue weighted by atomic mass is 10.0. The maximum absolute atomic E-state index is 13.2. The van der Waals surface area contributed by atoms with Gasteiger partial charge in [0.05, 0.1) is 21.3 Å². The summed E-state index contributed by atoms with van der Waals surface area (Å²) in [5.74, 6) is 0.702. The van der Waals surface area contributed by atoms with Crippen molar-refractivity contribution in [3.63, 3.8) is 0 Å². The molecule has 1 N–H and O–H groups in total. The van der Waals surface area contributed by atoms with Crippen LogP contribution in [0.5, 0.6) is 28.7 Å². The van der Waals surface area contributed by atoms with Crippen molar-refractivity contribution in [1.82, 2.24) is 0 Å². The first-order valence-electron chi connectivity index (χ1n) is 9.08. The van der Waals surface area contributed by atoms with E-state index in [4.69, 9.17) is 23.3 Å². The molecule has 1 atom stereocenters. The van der Waals surface area contributed by atoms with E-state index in [0.29, 0.717) is 5.75 Å². The Balaban J connectivity index is 1.90. The van der Waals surface area contributed by atoms with Crippen LogP contribution in [0.1, 0.15) is 15.9 Å². The number of benzene rings is 3. The molecule has 162 valence electrons. The number of hydrogen-bond donors (Lipinski definition) is 1. The molecule has 9 heteroatoms. The molecule has 0 amide bonds. The van der Waals surface area contributed by atoms with Gasteiger partial charge in [0, 0.05) is 17.7 Å². The highest BCUT2D eigenvalue weighted by molar-refractivity contribution is 7.48. The highest BCUT2D eigenvalue weighted by Gasteiger charge is 2.26. The van der Waals surface area contributed by atoms with E-state index < -0.39 is 13.6 Å². The standard InChI is InChI=1S/C22H21O8P/c1-26-18-13-19(27-2)21(20(14-18)28-3)22(23)15-8-7-11-17(12-15)30-31(24,25)29-16-9-5-4-6-10-16/h4-14H,1-3H3,(H,24,25). The zero-order valence-corrected chi connectivity index (χ0v) is 18.0. The van der Waals surface area contributed by atoms with Crippen molar-refractivity contribution in [2.24, 2.45) is 0 Å². The summed E-state index contributed by atoms with van der Waals surface area (Å²) in [6, 6.07) is 17.1. The van der Waals surface area contributed by atoms with Crippen LogP contribution in [0.2, 0.25) is 0 Å². The summed E-state index contributed by atoms with van der Waals surface area (Å²) in [6.07, 6.45) is 0. The van der Waals surface area contributed by atoms with E-state index in [1.54, 1.807) is 36.4 Å². The van der Waals surface area contributed by atoms with Gasteiger partial charge in [-0.05, 0) is 24.3 Å². The zero-order chi connectivity index (χ0) is 22.4. The molecular formula is C22H21O8P. The highest BCUT2D eigenvalue weighted by atomic mass is 31.2. The van der Waals surface area contributed by atoms with Crippen LogP contribution in [0.25, 0.3) is 0 Å². The van der Waals surface area contributed by atoms with Crippen molar-refractivity contribution in [2.45, 2.75) is 0 Å². The molecule has 0 saturated carbocycles. The van der Waals surface area contributed by atoms with Crippen LogP contribution in [-0.2, 0) is 4.57 Å². The van der Waals surface area contributed by atoms with E-state index in [9.17, 15) is 14.3 Å². The number of para-hydroxylation sites is 1. The smallest absolute Gasteiger partial charge is 0.496 e. The second-order valence-electron chi connectivity index (χ2n) is 6.23. The Morgan fingerprint density at radius 2 is 1.32 bits per heavy atom. The van der Waals surface area contributed by atoms with Crippen molar-refractivity contribution in [1.29, 1.82) is 0 Å². The van der Waals surface area contributed by atoms with Gasteiger partial charge in [-0.15, -0.1) is 0 Å². The summed E-state index contributed by atoms with van der Waals surface area (Å²) in [5, 5.41) is 0. The second-order valence-corrected chi connectivity index (χ2v) is 7.53. The lowest BCUT2D eigenvalue weighted by molar-refractivity contribution is 0.103. The van der Waals surface area contributed by atoms with Gasteiger partial charge in [-0.1, -0.05) is 30.3 Å². The van der Waals surface area contributed by atoms with E-state index in [0.717, 1.165) is 0 Å². The van der Waals surface area contributed by atoms with Gasteiger partial charge in [-0.3, -0.25) is 9.69 Å². The number of methoxy groups -OCH3 is 3. The maximum atomic E-state index is 13.2. The highest BCUT2D eigenvalue weighted by Crippen LogP contribution is 2.44. The van der Waals surface area contributed by atoms with Gasteiger partial charge in [0.25, 0.3) is 0 Å². The van der Waals surface area contributed by atoms with E-state index in [-0.39, 0.29) is 34.1 Å². The Morgan fingerprint density at radius 3 is 1.90 bits per heavy atom. The van der Waals surface area contributed by atoms with Crippen molar-refractivity contribution in [3.8, 4) is 28.7 Å². The molecule has 0 saturated heterocycles. The minimum Gasteiger partial charge on any atom is -0.496 e. The summed E-state index contributed by atoms with van der Waals surface area (Å²) < 4.78 is 38.4. The van der Waals surface area contributed by atoms with Gasteiger partial charge in [0.2, 0.25) is 5.78 Å². The minimum atomic E-state index is -4.48. The minimum absolute atomic E-state index is 0.0148. The Hall–Kier alpha value is -3.48. The molecule has 0 aliphatic carbocycles. The first-order valence-corrected chi connectivity index (χ1v) is 10.6. The zero-order valence-electron chi connectivity index (χ0n) is 17.1. The fourth-order valence-corrected chi connectivity index (χ4v) is 3.64. The Bertz CT molecular complexity index is 1090. The maximum Gasteiger partial charge on any atom is 0.584 e. The third kappa shape index (κ3) is 5.36. The molecule has 0 aliphatic heterocycles. The van der Waals surface area contributed by atoms with Gasteiger partial charge in [0.15, 0.2) is 0 Å². The number of ketones is 1. The van der Waals surface area contributed by atoms with Crippen molar-refractivity contribution < 1.29 is 37.5 Å². The van der Waals surface area contributed by atoms with Crippen LogP contribution in [0.15, 0.2) is 66.7 Å². The van der Waals surface area contributed by atoms with Crippen LogP contribution in [0.4, 0.5) is 0 Å². The molecule has 3 rings (SSSR count). The number of rotatable bonds is 9. The topological polar surface area (TPSA) is 101 Å². The fourth-order valence-electron chi connectivity index (χ4n) is 2.83. The summed E-state index contributed by atoms with van der Waals surface area (Å²) in [5.41, 5.74) is 0.370. The van der Waals surface area contributed by atoms with Gasteiger partial charge >= 0.3 is 7.82 Å². The molecule has 1 unspecified atom stereocenters. The fraction of sp³-hybridized carbons (Fsp3) is 0.136. The molecule has 0 fully saturated rings. The molecule has 3 aromatic rings. The molecule has 0 spiro atoms. The van der Waals surface area contributed by atoms with Crippen LogP contribution in [0.3, 0.4) is 0 Å². The Labute approximate surface area is 179 Å². The molecule has 8 nitrogen and oxygen atoms in total. The van der Waals surface area contributed by atoms with E-state index in [1.807, 2.05) is 0 Å². The largest absolute Gasteiger partial charge is 0.584 e. The van der Waals surface area contributed by atoms with Crippen molar-refractivity contribution in [3.05, 3.63) is 77.9 Å². The van der Waals surface area contributed by atoms with Gasteiger partial charge in [0.1, 0.15) is 34.3 Å². The second kappa shape index (κ2) is 9.55. The van der Waals surface area contributed by atoms with Gasteiger partial charge < -0.3 is 23.3 Å². The average Bonchev–Trinajstić information content (AvgIpc) is 2.77. The van der Waals surface area contributed by atoms with Crippen molar-refractivity contribution >= 4 is 13.6 Å². The third-order valence-electron chi connectivity index (χ3n) is 4.22. The van der Waals surface area contributed by atoms with Crippen molar-refractivity contribution in [2.75, 3.05) is 21.3 Å². The molecule has 31 heavy (non-hydrogen) atoms. The number of carbonyl (C=O) groups excluding carboxylic acids is 1. The number of phosphoric acid groups is 1. The SMILES string of the molecule is COc1cc(OC)c(C(=O)c2cccc(OP(=O)(O)Oc3ccccc3)c2)c(OC)c1. The van der Waals surface area contributed by atoms with Gasteiger partial charge in [-0.2, -0.15) is 0 Å². The number of hydrogen-bond acceptors (Lipinski definition) is 7.